The van der Waals surface area contributed by atoms with Crippen LogP contribution in [0.25, 0.3) is 0 Å². The van der Waals surface area contributed by atoms with Crippen molar-refractivity contribution >= 4 is 48.2 Å². The normalized spacial score (nSPS) is 25.9. The quantitative estimate of drug-likeness (QED) is 0.562. The number of amides is 1. The Hall–Kier alpha value is -2.26. The number of carbonyl (C=O) groups is 1. The average molecular weight is 501 g/mol. The highest BCUT2D eigenvalue weighted by atomic mass is 79.9. The molecule has 4 atom stereocenters. The fourth-order valence-electron chi connectivity index (χ4n) is 4.34. The van der Waals surface area contributed by atoms with Crippen LogP contribution in [0, 0.1) is 5.92 Å². The van der Waals surface area contributed by atoms with E-state index in [1.54, 1.807) is 4.90 Å². The molecule has 32 heavy (non-hydrogen) atoms. The number of nitrogens with one attached hydrogen (secondary N) is 1. The first-order valence-electron chi connectivity index (χ1n) is 11.0. The van der Waals surface area contributed by atoms with Gasteiger partial charge < -0.3 is 24.7 Å². The lowest BCUT2D eigenvalue weighted by atomic mass is 9.53. The van der Waals surface area contributed by atoms with Gasteiger partial charge in [0.2, 0.25) is 11.6 Å². The topological polar surface area (TPSA) is 100 Å². The zero-order valence-corrected chi connectivity index (χ0v) is 20.3. The number of aliphatic hydroxyl groups is 1. The van der Waals surface area contributed by atoms with Gasteiger partial charge in [0.25, 0.3) is 0 Å². The van der Waals surface area contributed by atoms with Crippen molar-refractivity contribution < 1.29 is 19.3 Å². The number of nitrogens with zero attached hydrogens (tertiary/aromatic N) is 3. The Morgan fingerprint density at radius 1 is 1.41 bits per heavy atom. The van der Waals surface area contributed by atoms with Crippen molar-refractivity contribution in [3.8, 4) is 0 Å². The Bertz CT molecular complexity index is 1020. The summed E-state index contributed by atoms with van der Waals surface area (Å²) >= 11 is 3.44. The lowest BCUT2D eigenvalue weighted by molar-refractivity contribution is -0.134. The maximum Gasteiger partial charge on any atom is 0.234 e. The minimum atomic E-state index is -0.850. The monoisotopic (exact) mass is 500 g/mol. The Balaban J connectivity index is 1.56. The molecule has 2 aliphatic rings. The summed E-state index contributed by atoms with van der Waals surface area (Å²) in [6.07, 6.45) is -0.250. The van der Waals surface area contributed by atoms with Gasteiger partial charge in [0.1, 0.15) is 18.8 Å². The van der Waals surface area contributed by atoms with E-state index in [0.717, 1.165) is 22.8 Å². The van der Waals surface area contributed by atoms with Crippen molar-refractivity contribution in [2.45, 2.75) is 51.0 Å². The van der Waals surface area contributed by atoms with Crippen LogP contribution in [0.1, 0.15) is 44.4 Å². The second-order valence-electron chi connectivity index (χ2n) is 8.92. The van der Waals surface area contributed by atoms with E-state index < -0.39 is 23.8 Å². The molecule has 2 aromatic rings. The first-order valence-corrected chi connectivity index (χ1v) is 11.8. The van der Waals surface area contributed by atoms with Crippen LogP contribution < -0.4 is 10.9 Å². The van der Waals surface area contributed by atoms with Gasteiger partial charge >= 0.3 is 0 Å². The van der Waals surface area contributed by atoms with E-state index in [9.17, 15) is 9.90 Å². The molecule has 1 amide bonds. The third-order valence-electron chi connectivity index (χ3n) is 6.14. The van der Waals surface area contributed by atoms with E-state index in [4.69, 9.17) is 9.36 Å². The van der Waals surface area contributed by atoms with Crippen molar-refractivity contribution in [2.24, 2.45) is 11.1 Å². The molecule has 168 valence electrons. The van der Waals surface area contributed by atoms with E-state index >= 15 is 0 Å². The summed E-state index contributed by atoms with van der Waals surface area (Å²) in [6.45, 7) is 6.09. The fraction of sp³-hybridized carbons (Fsp3) is 0.476. The predicted octanol–water partition coefficient (Wildman–Crippen LogP) is 0.555. The molecule has 2 aliphatic heterocycles. The van der Waals surface area contributed by atoms with Gasteiger partial charge in [0.15, 0.2) is 5.84 Å². The zero-order valence-electron chi connectivity index (χ0n) is 18.7. The Morgan fingerprint density at radius 2 is 2.12 bits per heavy atom. The number of likely N-dealkylation sites (tertiary alicyclic amines) is 1. The molecule has 11 heteroatoms. The van der Waals surface area contributed by atoms with Crippen molar-refractivity contribution in [1.29, 1.82) is 0 Å². The highest BCUT2D eigenvalue weighted by Gasteiger charge is 2.46. The van der Waals surface area contributed by atoms with Crippen LogP contribution >= 0.6 is 15.9 Å². The van der Waals surface area contributed by atoms with Crippen LogP contribution in [0.3, 0.4) is 0 Å². The largest absolute Gasteiger partial charge is 0.391 e. The van der Waals surface area contributed by atoms with Crippen molar-refractivity contribution in [2.75, 3.05) is 6.54 Å². The average Bonchev–Trinajstić information content (AvgIpc) is 3.47. The SMILES string of the molecule is BBc1cc(C(C(=O)N2CC(O)CC2C2=NOC(C)(c3ccc(Br)cc3)N2)C(C)C)on1. The molecular weight excluding hydrogens is 474 g/mol. The van der Waals surface area contributed by atoms with Crippen molar-refractivity contribution in [1.82, 2.24) is 15.4 Å². The molecule has 1 fully saturated rings. The number of hydrogen-bond acceptors (Lipinski definition) is 7. The highest BCUT2D eigenvalue weighted by molar-refractivity contribution is 9.10. The Kier molecular flexibility index (Phi) is 6.40. The number of carbonyl (C=O) groups excluding carboxylic acids is 1. The molecule has 0 aliphatic carbocycles. The first-order chi connectivity index (χ1) is 15.2. The molecular formula is C21H27B2BrN4O4. The van der Waals surface area contributed by atoms with Gasteiger partial charge in [-0.3, -0.25) is 4.79 Å². The van der Waals surface area contributed by atoms with E-state index in [-0.39, 0.29) is 18.4 Å². The van der Waals surface area contributed by atoms with Crippen LogP contribution in [0.15, 0.2) is 44.5 Å². The van der Waals surface area contributed by atoms with Gasteiger partial charge in [-0.2, -0.15) is 0 Å². The second-order valence-corrected chi connectivity index (χ2v) is 9.84. The third kappa shape index (κ3) is 4.32. The van der Waals surface area contributed by atoms with Gasteiger partial charge in [0.05, 0.1) is 19.9 Å². The standard InChI is InChI=1S/C21H27B2BrN4O4/c1-11(2)18(16-9-17(23-22)26-31-16)20(30)28-10-14(29)8-15(28)19-25-21(3,32-27-19)12-4-6-13(24)7-5-12/h4-7,9,11,14-15,18,23,29H,8,10,22H2,1-3H3,(H,25,27). The Morgan fingerprint density at radius 3 is 2.75 bits per heavy atom. The molecule has 3 heterocycles. The fourth-order valence-corrected chi connectivity index (χ4v) is 4.60. The van der Waals surface area contributed by atoms with Crippen LogP contribution in [0.2, 0.25) is 0 Å². The maximum atomic E-state index is 13.7. The molecule has 0 bridgehead atoms. The van der Waals surface area contributed by atoms with Gasteiger partial charge in [-0.05, 0) is 24.1 Å². The maximum absolute atomic E-state index is 13.7. The molecule has 2 N–H and O–H groups in total. The van der Waals surface area contributed by atoms with Crippen LogP contribution in [-0.2, 0) is 15.4 Å². The lowest BCUT2D eigenvalue weighted by Crippen LogP contribution is -2.50. The summed E-state index contributed by atoms with van der Waals surface area (Å²) in [7, 11) is 2.73. The number of halogens is 1. The van der Waals surface area contributed by atoms with E-state index in [1.165, 1.54) is 0 Å². The van der Waals surface area contributed by atoms with Crippen LogP contribution in [0.4, 0.5) is 0 Å². The highest BCUT2D eigenvalue weighted by Crippen LogP contribution is 2.33. The molecule has 1 saturated heterocycles. The Labute approximate surface area is 197 Å². The number of aliphatic hydroxyl groups excluding tert-OH is 1. The lowest BCUT2D eigenvalue weighted by Gasteiger charge is -2.30. The second kappa shape index (κ2) is 8.94. The van der Waals surface area contributed by atoms with Crippen molar-refractivity contribution in [3.63, 3.8) is 0 Å². The molecule has 0 saturated carbocycles. The molecule has 8 nitrogen and oxygen atoms in total. The summed E-state index contributed by atoms with van der Waals surface area (Å²) in [5.74, 6) is 0.494. The summed E-state index contributed by atoms with van der Waals surface area (Å²) in [5, 5.41) is 22.1. The number of hydrogen-bond donors (Lipinski definition) is 2. The number of rotatable bonds is 6. The molecule has 1 aromatic carbocycles. The number of amidine groups is 1. The van der Waals surface area contributed by atoms with E-state index in [0.29, 0.717) is 18.0 Å². The van der Waals surface area contributed by atoms with E-state index in [2.05, 4.69) is 31.6 Å². The number of β-amino-alcohol motifs (C(OH)–C–C–N with tert-alkyl or cyclic N) is 1. The van der Waals surface area contributed by atoms with Gasteiger partial charge in [-0.25, -0.2) is 0 Å². The van der Waals surface area contributed by atoms with Crippen LogP contribution in [0.5, 0.6) is 0 Å². The summed E-state index contributed by atoms with van der Waals surface area (Å²) in [6, 6.07) is 9.22. The summed E-state index contributed by atoms with van der Waals surface area (Å²) < 4.78 is 6.48. The molecule has 1 aromatic heterocycles. The van der Waals surface area contributed by atoms with Crippen LogP contribution in [-0.4, -0.2) is 60.5 Å². The smallest absolute Gasteiger partial charge is 0.234 e. The zero-order chi connectivity index (χ0) is 23.0. The minimum Gasteiger partial charge on any atom is -0.391 e. The van der Waals surface area contributed by atoms with Gasteiger partial charge in [-0.1, -0.05) is 52.2 Å². The number of benzene rings is 1. The number of oxime groups is 1. The predicted molar refractivity (Wildman–Crippen MR) is 129 cm³/mol. The van der Waals surface area contributed by atoms with Crippen molar-refractivity contribution in [3.05, 3.63) is 46.1 Å². The molecule has 4 unspecified atom stereocenters. The summed E-state index contributed by atoms with van der Waals surface area (Å²) in [5.41, 5.74) is 0.873. The molecule has 0 radical (unpaired) electrons. The number of aromatic nitrogens is 1. The van der Waals surface area contributed by atoms with Gasteiger partial charge in [0, 0.05) is 35.5 Å². The molecule has 0 spiro atoms. The summed E-state index contributed by atoms with van der Waals surface area (Å²) in [4.78, 5) is 21.1. The first kappa shape index (κ1) is 22.9. The minimum absolute atomic E-state index is 0.00121. The van der Waals surface area contributed by atoms with Gasteiger partial charge in [-0.15, -0.1) is 0 Å². The third-order valence-corrected chi connectivity index (χ3v) is 6.67. The molecule has 4 rings (SSSR count). The van der Waals surface area contributed by atoms with E-state index in [1.807, 2.05) is 58.8 Å².